The predicted molar refractivity (Wildman–Crippen MR) is 76.1 cm³/mol. The highest BCUT2D eigenvalue weighted by molar-refractivity contribution is 5.86. The third-order valence-corrected chi connectivity index (χ3v) is 3.05. The largest absolute Gasteiger partial charge is 0.456 e. The molecule has 2 N–H and O–H groups in total. The van der Waals surface area contributed by atoms with E-state index in [0.717, 1.165) is 16.5 Å². The Morgan fingerprint density at radius 2 is 1.80 bits per heavy atom. The highest BCUT2D eigenvalue weighted by Crippen LogP contribution is 2.32. The number of hydrogen-bond donors (Lipinski definition) is 1. The molecule has 0 saturated heterocycles. The SMILES string of the molecule is NCc1cnc2ccccc2c1Oc1ccc(F)cc1. The Bertz CT molecular complexity index is 741. The van der Waals surface area contributed by atoms with E-state index in [1.165, 1.54) is 12.1 Å². The Balaban J connectivity index is 2.11. The van der Waals surface area contributed by atoms with Crippen molar-refractivity contribution >= 4 is 10.9 Å². The summed E-state index contributed by atoms with van der Waals surface area (Å²) in [7, 11) is 0. The fraction of sp³-hybridized carbons (Fsp3) is 0.0625. The van der Waals surface area contributed by atoms with E-state index < -0.39 is 0 Å². The van der Waals surface area contributed by atoms with Crippen molar-refractivity contribution in [1.82, 2.24) is 4.98 Å². The number of para-hydroxylation sites is 1. The normalized spacial score (nSPS) is 10.7. The first-order valence-corrected chi connectivity index (χ1v) is 6.28. The maximum absolute atomic E-state index is 12.9. The van der Waals surface area contributed by atoms with Crippen LogP contribution in [0.2, 0.25) is 0 Å². The van der Waals surface area contributed by atoms with E-state index >= 15 is 0 Å². The highest BCUT2D eigenvalue weighted by atomic mass is 19.1. The predicted octanol–water partition coefficient (Wildman–Crippen LogP) is 3.62. The standard InChI is InChI=1S/C16H13FN2O/c17-12-5-7-13(8-6-12)20-16-11(9-18)10-19-15-4-2-1-3-14(15)16/h1-8,10H,9,18H2. The molecular formula is C16H13FN2O. The van der Waals surface area contributed by atoms with E-state index in [9.17, 15) is 4.39 Å². The molecule has 0 bridgehead atoms. The van der Waals surface area contributed by atoms with Crippen LogP contribution in [0.15, 0.2) is 54.7 Å². The molecule has 0 unspecified atom stereocenters. The molecule has 0 atom stereocenters. The van der Waals surface area contributed by atoms with Crippen LogP contribution in [0.25, 0.3) is 10.9 Å². The molecule has 0 amide bonds. The zero-order chi connectivity index (χ0) is 13.9. The quantitative estimate of drug-likeness (QED) is 0.789. The Labute approximate surface area is 115 Å². The number of ether oxygens (including phenoxy) is 1. The molecule has 0 fully saturated rings. The Morgan fingerprint density at radius 1 is 1.05 bits per heavy atom. The fourth-order valence-corrected chi connectivity index (χ4v) is 2.04. The van der Waals surface area contributed by atoms with Gasteiger partial charge in [0, 0.05) is 23.7 Å². The van der Waals surface area contributed by atoms with E-state index in [-0.39, 0.29) is 5.82 Å². The van der Waals surface area contributed by atoms with Crippen molar-refractivity contribution in [2.45, 2.75) is 6.54 Å². The molecule has 3 rings (SSSR count). The van der Waals surface area contributed by atoms with Gasteiger partial charge in [-0.1, -0.05) is 12.1 Å². The lowest BCUT2D eigenvalue weighted by Crippen LogP contribution is -2.01. The summed E-state index contributed by atoms with van der Waals surface area (Å²) < 4.78 is 18.8. The number of aromatic nitrogens is 1. The van der Waals surface area contributed by atoms with Gasteiger partial charge in [-0.25, -0.2) is 4.39 Å². The van der Waals surface area contributed by atoms with Crippen LogP contribution in [0.3, 0.4) is 0 Å². The monoisotopic (exact) mass is 268 g/mol. The maximum Gasteiger partial charge on any atom is 0.142 e. The summed E-state index contributed by atoms with van der Waals surface area (Å²) in [6.07, 6.45) is 1.71. The smallest absolute Gasteiger partial charge is 0.142 e. The van der Waals surface area contributed by atoms with Crippen LogP contribution in [0.5, 0.6) is 11.5 Å². The Hall–Kier alpha value is -2.46. The topological polar surface area (TPSA) is 48.1 Å². The molecule has 0 saturated carbocycles. The second-order valence-corrected chi connectivity index (χ2v) is 4.39. The first-order chi connectivity index (χ1) is 9.78. The van der Waals surface area contributed by atoms with E-state index in [1.807, 2.05) is 24.3 Å². The van der Waals surface area contributed by atoms with Gasteiger partial charge in [0.1, 0.15) is 17.3 Å². The van der Waals surface area contributed by atoms with Gasteiger partial charge in [0.25, 0.3) is 0 Å². The van der Waals surface area contributed by atoms with Crippen molar-refractivity contribution in [3.8, 4) is 11.5 Å². The molecule has 100 valence electrons. The average Bonchev–Trinajstić information content (AvgIpc) is 2.50. The number of fused-ring (bicyclic) bond motifs is 1. The average molecular weight is 268 g/mol. The molecule has 0 radical (unpaired) electrons. The van der Waals surface area contributed by atoms with Gasteiger partial charge in [-0.15, -0.1) is 0 Å². The first kappa shape index (κ1) is 12.6. The zero-order valence-corrected chi connectivity index (χ0v) is 10.7. The van der Waals surface area contributed by atoms with Crippen molar-refractivity contribution in [1.29, 1.82) is 0 Å². The van der Waals surface area contributed by atoms with E-state index in [1.54, 1.807) is 18.3 Å². The first-order valence-electron chi connectivity index (χ1n) is 6.28. The molecule has 0 aliphatic rings. The molecule has 2 aromatic carbocycles. The fourth-order valence-electron chi connectivity index (χ4n) is 2.04. The molecule has 3 nitrogen and oxygen atoms in total. The lowest BCUT2D eigenvalue weighted by molar-refractivity contribution is 0.479. The van der Waals surface area contributed by atoms with Gasteiger partial charge in [-0.05, 0) is 36.4 Å². The van der Waals surface area contributed by atoms with Gasteiger partial charge >= 0.3 is 0 Å². The van der Waals surface area contributed by atoms with Gasteiger partial charge in [0.05, 0.1) is 5.52 Å². The molecular weight excluding hydrogens is 255 g/mol. The minimum atomic E-state index is -0.295. The number of pyridine rings is 1. The summed E-state index contributed by atoms with van der Waals surface area (Å²) in [4.78, 5) is 4.35. The van der Waals surface area contributed by atoms with Gasteiger partial charge in [-0.3, -0.25) is 4.98 Å². The minimum Gasteiger partial charge on any atom is -0.456 e. The molecule has 1 heterocycles. The van der Waals surface area contributed by atoms with Crippen molar-refractivity contribution in [2.75, 3.05) is 0 Å². The van der Waals surface area contributed by atoms with Crippen molar-refractivity contribution in [3.05, 3.63) is 66.1 Å². The number of nitrogens with zero attached hydrogens (tertiary/aromatic N) is 1. The number of rotatable bonds is 3. The van der Waals surface area contributed by atoms with Crippen LogP contribution in [0.1, 0.15) is 5.56 Å². The van der Waals surface area contributed by atoms with Crippen molar-refractivity contribution in [2.24, 2.45) is 5.73 Å². The molecule has 0 aliphatic carbocycles. The molecule has 4 heteroatoms. The minimum absolute atomic E-state index is 0.295. The molecule has 0 aliphatic heterocycles. The molecule has 1 aromatic heterocycles. The lowest BCUT2D eigenvalue weighted by atomic mass is 10.1. The number of benzene rings is 2. The Morgan fingerprint density at radius 3 is 2.55 bits per heavy atom. The lowest BCUT2D eigenvalue weighted by Gasteiger charge is -2.12. The Kier molecular flexibility index (Phi) is 3.31. The van der Waals surface area contributed by atoms with Gasteiger partial charge in [0.2, 0.25) is 0 Å². The summed E-state index contributed by atoms with van der Waals surface area (Å²) in [6, 6.07) is 13.6. The molecule has 3 aromatic rings. The van der Waals surface area contributed by atoms with Crippen LogP contribution in [0, 0.1) is 5.82 Å². The van der Waals surface area contributed by atoms with Crippen LogP contribution in [0.4, 0.5) is 4.39 Å². The highest BCUT2D eigenvalue weighted by Gasteiger charge is 2.10. The van der Waals surface area contributed by atoms with Gasteiger partial charge < -0.3 is 10.5 Å². The van der Waals surface area contributed by atoms with E-state index in [4.69, 9.17) is 10.5 Å². The summed E-state index contributed by atoms with van der Waals surface area (Å²) in [5, 5.41) is 0.889. The van der Waals surface area contributed by atoms with Gasteiger partial charge in [0.15, 0.2) is 0 Å². The summed E-state index contributed by atoms with van der Waals surface area (Å²) >= 11 is 0. The summed E-state index contributed by atoms with van der Waals surface area (Å²) in [5.74, 6) is 0.943. The summed E-state index contributed by atoms with van der Waals surface area (Å²) in [5.41, 5.74) is 7.39. The van der Waals surface area contributed by atoms with Crippen molar-refractivity contribution < 1.29 is 9.13 Å². The molecule has 20 heavy (non-hydrogen) atoms. The number of halogens is 1. The van der Waals surface area contributed by atoms with E-state index in [0.29, 0.717) is 18.0 Å². The van der Waals surface area contributed by atoms with E-state index in [2.05, 4.69) is 4.98 Å². The van der Waals surface area contributed by atoms with Crippen LogP contribution in [-0.2, 0) is 6.54 Å². The number of hydrogen-bond acceptors (Lipinski definition) is 3. The van der Waals surface area contributed by atoms with Crippen LogP contribution < -0.4 is 10.5 Å². The summed E-state index contributed by atoms with van der Waals surface area (Å²) in [6.45, 7) is 0.328. The third kappa shape index (κ3) is 2.33. The number of nitrogens with two attached hydrogens (primary N) is 1. The van der Waals surface area contributed by atoms with Crippen molar-refractivity contribution in [3.63, 3.8) is 0 Å². The third-order valence-electron chi connectivity index (χ3n) is 3.05. The van der Waals surface area contributed by atoms with Crippen LogP contribution in [-0.4, -0.2) is 4.98 Å². The second-order valence-electron chi connectivity index (χ2n) is 4.39. The van der Waals surface area contributed by atoms with Crippen LogP contribution >= 0.6 is 0 Å². The molecule has 0 spiro atoms. The maximum atomic E-state index is 12.9. The zero-order valence-electron chi connectivity index (χ0n) is 10.7. The second kappa shape index (κ2) is 5.27. The van der Waals surface area contributed by atoms with Gasteiger partial charge in [-0.2, -0.15) is 0 Å².